The van der Waals surface area contributed by atoms with Gasteiger partial charge in [0.15, 0.2) is 0 Å². The van der Waals surface area contributed by atoms with E-state index in [1.54, 1.807) is 0 Å². The Morgan fingerprint density at radius 1 is 1.00 bits per heavy atom. The molecule has 130 valence electrons. The van der Waals surface area contributed by atoms with E-state index in [0.29, 0.717) is 12.2 Å². The van der Waals surface area contributed by atoms with E-state index in [1.165, 1.54) is 56.7 Å². The van der Waals surface area contributed by atoms with Crippen LogP contribution in [-0.2, 0) is 9.47 Å². The maximum Gasteiger partial charge on any atom is 0.346 e. The lowest BCUT2D eigenvalue weighted by Crippen LogP contribution is -2.48. The van der Waals surface area contributed by atoms with Crippen LogP contribution < -0.4 is 0 Å². The van der Waals surface area contributed by atoms with E-state index in [-0.39, 0.29) is 16.5 Å². The molecule has 1 aliphatic heterocycles. The molecule has 0 N–H and O–H groups in total. The minimum absolute atomic E-state index is 0.147. The smallest absolute Gasteiger partial charge is 0.346 e. The second kappa shape index (κ2) is 5.16. The Hall–Kier alpha value is -2.17. The van der Waals surface area contributed by atoms with Gasteiger partial charge in [0.25, 0.3) is 0 Å². The fourth-order valence-corrected chi connectivity index (χ4v) is 5.98. The topological polar surface area (TPSA) is 69.7 Å². The zero-order valence-electron chi connectivity index (χ0n) is 14.0. The highest BCUT2D eigenvalue weighted by Gasteiger charge is 2.51. The number of ether oxygens (including phenoxy) is 2. The number of carbonyl (C=O) groups excluding carboxylic acids is 3. The Kier molecular flexibility index (Phi) is 3.12. The molecule has 6 rings (SSSR count). The third-order valence-corrected chi connectivity index (χ3v) is 6.56. The third-order valence-electron chi connectivity index (χ3n) is 6.56. The number of esters is 3. The molecule has 4 aliphatic carbocycles. The fraction of sp³-hybridized carbons (Fsp3) is 0.550. The summed E-state index contributed by atoms with van der Waals surface area (Å²) in [6.45, 7) is 0.468. The Bertz CT molecular complexity index is 758. The Labute approximate surface area is 145 Å². The summed E-state index contributed by atoms with van der Waals surface area (Å²) in [5.74, 6) is 0.650. The molecule has 25 heavy (non-hydrogen) atoms. The van der Waals surface area contributed by atoms with E-state index >= 15 is 0 Å². The van der Waals surface area contributed by atoms with Crippen molar-refractivity contribution in [2.24, 2.45) is 23.2 Å². The third kappa shape index (κ3) is 2.40. The first-order chi connectivity index (χ1) is 12.0. The van der Waals surface area contributed by atoms with Gasteiger partial charge in [-0.25, -0.2) is 14.4 Å². The van der Waals surface area contributed by atoms with Crippen molar-refractivity contribution in [1.29, 1.82) is 0 Å². The summed E-state index contributed by atoms with van der Waals surface area (Å²) in [7, 11) is 0. The molecule has 0 radical (unpaired) electrons. The van der Waals surface area contributed by atoms with Crippen molar-refractivity contribution in [2.45, 2.75) is 38.5 Å². The van der Waals surface area contributed by atoms with E-state index < -0.39 is 17.9 Å². The van der Waals surface area contributed by atoms with Crippen molar-refractivity contribution < 1.29 is 23.9 Å². The molecule has 1 heterocycles. The zero-order valence-corrected chi connectivity index (χ0v) is 14.0. The average Bonchev–Trinajstić information content (AvgIpc) is 2.85. The largest absolute Gasteiger partial charge is 0.462 e. The number of fused-ring (bicyclic) bond motifs is 1. The van der Waals surface area contributed by atoms with Gasteiger partial charge in [0.1, 0.15) is 0 Å². The van der Waals surface area contributed by atoms with Crippen LogP contribution in [0.4, 0.5) is 0 Å². The van der Waals surface area contributed by atoms with Gasteiger partial charge in [-0.3, -0.25) is 0 Å². The first-order valence-corrected chi connectivity index (χ1v) is 9.09. The van der Waals surface area contributed by atoms with Gasteiger partial charge in [0.2, 0.25) is 0 Å². The molecule has 0 amide bonds. The quantitative estimate of drug-likeness (QED) is 0.623. The average molecular weight is 340 g/mol. The van der Waals surface area contributed by atoms with Crippen LogP contribution in [0.1, 0.15) is 69.6 Å². The maximum atomic E-state index is 12.5. The maximum absolute atomic E-state index is 12.5. The predicted molar refractivity (Wildman–Crippen MR) is 87.1 cm³/mol. The van der Waals surface area contributed by atoms with Gasteiger partial charge in [0.05, 0.1) is 23.3 Å². The second-order valence-corrected chi connectivity index (χ2v) is 8.43. The van der Waals surface area contributed by atoms with Gasteiger partial charge >= 0.3 is 17.9 Å². The van der Waals surface area contributed by atoms with Gasteiger partial charge < -0.3 is 9.47 Å². The van der Waals surface area contributed by atoms with Crippen LogP contribution in [0.5, 0.6) is 0 Å². The molecular formula is C20H20O5. The predicted octanol–water partition coefficient (Wildman–Crippen LogP) is 3.37. The van der Waals surface area contributed by atoms with Crippen LogP contribution in [0.25, 0.3) is 0 Å². The van der Waals surface area contributed by atoms with Crippen molar-refractivity contribution in [3.05, 3.63) is 34.9 Å². The van der Waals surface area contributed by atoms with Crippen molar-refractivity contribution in [1.82, 2.24) is 0 Å². The molecular weight excluding hydrogens is 320 g/mol. The number of rotatable bonds is 3. The molecule has 4 fully saturated rings. The SMILES string of the molecule is O=C(OCC12CC3CC(CC(C3)C1)C2)c1ccc2c(c1)C(=O)OC2=O. The van der Waals surface area contributed by atoms with Crippen LogP contribution in [0, 0.1) is 23.2 Å². The molecule has 0 spiro atoms. The summed E-state index contributed by atoms with van der Waals surface area (Å²) >= 11 is 0. The molecule has 0 atom stereocenters. The Morgan fingerprint density at radius 2 is 1.60 bits per heavy atom. The Morgan fingerprint density at radius 3 is 2.24 bits per heavy atom. The summed E-state index contributed by atoms with van der Waals surface area (Å²) < 4.78 is 10.2. The van der Waals surface area contributed by atoms with E-state index in [1.807, 2.05) is 0 Å². The molecule has 4 bridgehead atoms. The van der Waals surface area contributed by atoms with Crippen molar-refractivity contribution in [2.75, 3.05) is 6.61 Å². The number of hydrogen-bond acceptors (Lipinski definition) is 5. The van der Waals surface area contributed by atoms with E-state index in [9.17, 15) is 14.4 Å². The summed E-state index contributed by atoms with van der Waals surface area (Å²) in [6, 6.07) is 4.40. The molecule has 5 heteroatoms. The summed E-state index contributed by atoms with van der Waals surface area (Å²) in [5, 5.41) is 0. The molecule has 4 saturated carbocycles. The summed E-state index contributed by atoms with van der Waals surface area (Å²) in [6.07, 6.45) is 7.60. The fourth-order valence-electron chi connectivity index (χ4n) is 5.98. The molecule has 1 aromatic rings. The summed E-state index contributed by atoms with van der Waals surface area (Å²) in [5.41, 5.74) is 0.822. The van der Waals surface area contributed by atoms with Crippen molar-refractivity contribution in [3.8, 4) is 0 Å². The highest BCUT2D eigenvalue weighted by atomic mass is 16.6. The molecule has 1 aromatic carbocycles. The monoisotopic (exact) mass is 340 g/mol. The van der Waals surface area contributed by atoms with Gasteiger partial charge in [-0.1, -0.05) is 0 Å². The van der Waals surface area contributed by atoms with Crippen LogP contribution >= 0.6 is 0 Å². The van der Waals surface area contributed by atoms with Crippen LogP contribution in [0.2, 0.25) is 0 Å². The van der Waals surface area contributed by atoms with Crippen molar-refractivity contribution >= 4 is 17.9 Å². The number of hydrogen-bond donors (Lipinski definition) is 0. The molecule has 5 aliphatic rings. The standard InChI is InChI=1S/C20H20O5/c21-17(14-1-2-15-16(6-14)19(23)25-18(15)22)24-10-20-7-11-3-12(8-20)5-13(4-11)9-20/h1-2,6,11-13H,3-5,7-10H2. The highest BCUT2D eigenvalue weighted by Crippen LogP contribution is 2.60. The van der Waals surface area contributed by atoms with E-state index in [4.69, 9.17) is 4.74 Å². The van der Waals surface area contributed by atoms with E-state index in [2.05, 4.69) is 4.74 Å². The van der Waals surface area contributed by atoms with Crippen molar-refractivity contribution in [3.63, 3.8) is 0 Å². The van der Waals surface area contributed by atoms with Crippen LogP contribution in [0.3, 0.4) is 0 Å². The zero-order chi connectivity index (χ0) is 17.2. The van der Waals surface area contributed by atoms with E-state index in [0.717, 1.165) is 17.8 Å². The first-order valence-electron chi connectivity index (χ1n) is 9.09. The van der Waals surface area contributed by atoms with Crippen LogP contribution in [-0.4, -0.2) is 24.5 Å². The minimum atomic E-state index is -0.698. The number of cyclic esters (lactones) is 2. The lowest BCUT2D eigenvalue weighted by molar-refractivity contribution is -0.0848. The van der Waals surface area contributed by atoms with Gasteiger partial charge in [-0.15, -0.1) is 0 Å². The summed E-state index contributed by atoms with van der Waals surface area (Å²) in [4.78, 5) is 35.6. The second-order valence-electron chi connectivity index (χ2n) is 8.43. The number of carbonyl (C=O) groups is 3. The van der Waals surface area contributed by atoms with Gasteiger partial charge in [0, 0.05) is 5.41 Å². The minimum Gasteiger partial charge on any atom is -0.462 e. The highest BCUT2D eigenvalue weighted by molar-refractivity contribution is 6.15. The van der Waals surface area contributed by atoms with Gasteiger partial charge in [-0.05, 0) is 74.5 Å². The molecule has 0 aromatic heterocycles. The normalized spacial score (nSPS) is 34.8. The Balaban J connectivity index is 1.31. The lowest BCUT2D eigenvalue weighted by Gasteiger charge is -2.56. The lowest BCUT2D eigenvalue weighted by atomic mass is 9.50. The molecule has 0 unspecified atom stereocenters. The van der Waals surface area contributed by atoms with Crippen LogP contribution in [0.15, 0.2) is 18.2 Å². The molecule has 5 nitrogen and oxygen atoms in total. The molecule has 0 saturated heterocycles. The van der Waals surface area contributed by atoms with Gasteiger partial charge in [-0.2, -0.15) is 0 Å². The number of benzene rings is 1. The first kappa shape index (κ1) is 15.1.